The molecule has 0 bridgehead atoms. The topological polar surface area (TPSA) is 38.0 Å². The monoisotopic (exact) mass is 170 g/mol. The predicted octanol–water partition coefficient (Wildman–Crippen LogP) is 1.60. The van der Waals surface area contributed by atoms with Crippen molar-refractivity contribution in [3.05, 3.63) is 11.5 Å². The van der Waals surface area contributed by atoms with E-state index in [1.165, 1.54) is 25.7 Å². The van der Waals surface area contributed by atoms with Crippen LogP contribution < -0.4 is 10.5 Å². The van der Waals surface area contributed by atoms with Crippen molar-refractivity contribution in [1.82, 2.24) is 4.72 Å². The van der Waals surface area contributed by atoms with Crippen LogP contribution in [0, 0.1) is 5.92 Å². The molecule has 2 nitrogen and oxygen atoms in total. The highest BCUT2D eigenvalue weighted by molar-refractivity contribution is 8.00. The normalized spacial score (nSPS) is 38.6. The Morgan fingerprint density at radius 1 is 1.45 bits per heavy atom. The van der Waals surface area contributed by atoms with E-state index in [0.29, 0.717) is 5.92 Å². The molecular weight excluding hydrogens is 156 g/mol. The van der Waals surface area contributed by atoms with Crippen LogP contribution in [0.5, 0.6) is 0 Å². The fraction of sp³-hybridized carbons (Fsp3) is 0.750. The van der Waals surface area contributed by atoms with Crippen LogP contribution in [0.15, 0.2) is 11.5 Å². The SMILES string of the molecule is NC1(C2CCCC2)C=CSN1. The molecule has 0 aromatic carbocycles. The van der Waals surface area contributed by atoms with Gasteiger partial charge in [-0.2, -0.15) is 0 Å². The van der Waals surface area contributed by atoms with Crippen molar-refractivity contribution in [3.63, 3.8) is 0 Å². The lowest BCUT2D eigenvalue weighted by Crippen LogP contribution is -2.51. The van der Waals surface area contributed by atoms with Gasteiger partial charge in [-0.1, -0.05) is 24.8 Å². The maximum atomic E-state index is 6.15. The summed E-state index contributed by atoms with van der Waals surface area (Å²) in [5, 5.41) is 2.05. The lowest BCUT2D eigenvalue weighted by molar-refractivity contribution is 0.332. The summed E-state index contributed by atoms with van der Waals surface area (Å²) in [6.45, 7) is 0. The molecule has 0 radical (unpaired) electrons. The summed E-state index contributed by atoms with van der Waals surface area (Å²) in [5.74, 6) is 0.661. The average Bonchev–Trinajstić information content (AvgIpc) is 2.55. The van der Waals surface area contributed by atoms with Crippen LogP contribution in [0.3, 0.4) is 0 Å². The van der Waals surface area contributed by atoms with Gasteiger partial charge in [-0.05, 0) is 30.2 Å². The van der Waals surface area contributed by atoms with Gasteiger partial charge in [-0.15, -0.1) is 0 Å². The fourth-order valence-corrected chi connectivity index (χ4v) is 2.74. The minimum atomic E-state index is -0.193. The van der Waals surface area contributed by atoms with Gasteiger partial charge in [0.2, 0.25) is 0 Å². The Bertz CT molecular complexity index is 175. The van der Waals surface area contributed by atoms with Gasteiger partial charge in [-0.3, -0.25) is 0 Å². The van der Waals surface area contributed by atoms with Gasteiger partial charge in [0.25, 0.3) is 0 Å². The van der Waals surface area contributed by atoms with Crippen molar-refractivity contribution >= 4 is 11.9 Å². The number of nitrogens with two attached hydrogens (primary N) is 1. The third kappa shape index (κ3) is 1.33. The molecule has 2 rings (SSSR count). The molecule has 0 aromatic rings. The molecular formula is C8H14N2S. The number of hydrogen-bond donors (Lipinski definition) is 2. The second kappa shape index (κ2) is 2.81. The van der Waals surface area contributed by atoms with E-state index in [-0.39, 0.29) is 5.66 Å². The average molecular weight is 170 g/mol. The molecule has 3 heteroatoms. The minimum Gasteiger partial charge on any atom is -0.309 e. The lowest BCUT2D eigenvalue weighted by Gasteiger charge is -2.28. The minimum absolute atomic E-state index is 0.193. The first kappa shape index (κ1) is 7.65. The molecule has 1 aliphatic heterocycles. The van der Waals surface area contributed by atoms with Crippen LogP contribution in [0.4, 0.5) is 0 Å². The van der Waals surface area contributed by atoms with Crippen molar-refractivity contribution in [2.45, 2.75) is 31.3 Å². The lowest BCUT2D eigenvalue weighted by atomic mass is 9.93. The van der Waals surface area contributed by atoms with E-state index in [0.717, 1.165) is 0 Å². The van der Waals surface area contributed by atoms with Crippen LogP contribution in [0.2, 0.25) is 0 Å². The van der Waals surface area contributed by atoms with E-state index < -0.39 is 0 Å². The Labute approximate surface area is 71.7 Å². The molecule has 1 heterocycles. The largest absolute Gasteiger partial charge is 0.309 e. The van der Waals surface area contributed by atoms with Crippen molar-refractivity contribution in [2.24, 2.45) is 11.7 Å². The van der Waals surface area contributed by atoms with Crippen LogP contribution >= 0.6 is 11.9 Å². The van der Waals surface area contributed by atoms with Gasteiger partial charge >= 0.3 is 0 Å². The molecule has 1 unspecified atom stereocenters. The third-order valence-corrected chi connectivity index (χ3v) is 3.42. The number of hydrogen-bond acceptors (Lipinski definition) is 3. The number of rotatable bonds is 1. The molecule has 0 amide bonds. The van der Waals surface area contributed by atoms with Crippen LogP contribution in [0.1, 0.15) is 25.7 Å². The van der Waals surface area contributed by atoms with Crippen molar-refractivity contribution in [1.29, 1.82) is 0 Å². The summed E-state index contributed by atoms with van der Waals surface area (Å²) in [6, 6.07) is 0. The maximum absolute atomic E-state index is 6.15. The standard InChI is InChI=1S/C8H14N2S/c9-8(5-6-11-10-8)7-3-1-2-4-7/h5-7,10H,1-4,9H2. The second-order valence-corrected chi connectivity index (χ2v) is 4.15. The maximum Gasteiger partial charge on any atom is 0.0984 e. The smallest absolute Gasteiger partial charge is 0.0984 e. The van der Waals surface area contributed by atoms with Crippen LogP contribution in [0.25, 0.3) is 0 Å². The Balaban J connectivity index is 2.06. The third-order valence-electron chi connectivity index (χ3n) is 2.68. The predicted molar refractivity (Wildman–Crippen MR) is 48.7 cm³/mol. The Morgan fingerprint density at radius 3 is 2.73 bits per heavy atom. The van der Waals surface area contributed by atoms with Gasteiger partial charge in [0.1, 0.15) is 0 Å². The molecule has 0 spiro atoms. The summed E-state index contributed by atoms with van der Waals surface area (Å²) >= 11 is 1.61. The highest BCUT2D eigenvalue weighted by Gasteiger charge is 2.36. The molecule has 1 aliphatic carbocycles. The summed E-state index contributed by atoms with van der Waals surface area (Å²) in [5.41, 5.74) is 5.95. The van der Waals surface area contributed by atoms with Crippen LogP contribution in [-0.4, -0.2) is 5.66 Å². The van der Waals surface area contributed by atoms with Crippen molar-refractivity contribution in [3.8, 4) is 0 Å². The van der Waals surface area contributed by atoms with Crippen molar-refractivity contribution in [2.75, 3.05) is 0 Å². The zero-order valence-corrected chi connectivity index (χ0v) is 7.36. The molecule has 1 atom stereocenters. The van der Waals surface area contributed by atoms with Crippen LogP contribution in [-0.2, 0) is 0 Å². The van der Waals surface area contributed by atoms with E-state index in [1.54, 1.807) is 11.9 Å². The van der Waals surface area contributed by atoms with Gasteiger partial charge in [0.05, 0.1) is 5.66 Å². The van der Waals surface area contributed by atoms with E-state index >= 15 is 0 Å². The molecule has 1 fully saturated rings. The highest BCUT2D eigenvalue weighted by Crippen LogP contribution is 2.35. The van der Waals surface area contributed by atoms with Crippen molar-refractivity contribution < 1.29 is 0 Å². The zero-order chi connectivity index (χ0) is 7.73. The van der Waals surface area contributed by atoms with Gasteiger partial charge in [0, 0.05) is 0 Å². The molecule has 0 aromatic heterocycles. The Hall–Kier alpha value is 0.01000. The zero-order valence-electron chi connectivity index (χ0n) is 6.55. The molecule has 2 aliphatic rings. The summed E-state index contributed by atoms with van der Waals surface area (Å²) in [6.07, 6.45) is 7.38. The van der Waals surface area contributed by atoms with E-state index in [9.17, 15) is 0 Å². The van der Waals surface area contributed by atoms with Gasteiger partial charge in [-0.25, -0.2) is 4.72 Å². The molecule has 11 heavy (non-hydrogen) atoms. The number of nitrogens with one attached hydrogen (secondary N) is 1. The first-order chi connectivity index (χ1) is 5.31. The molecule has 0 saturated heterocycles. The quantitative estimate of drug-likeness (QED) is 0.587. The summed E-state index contributed by atoms with van der Waals surface area (Å²) in [7, 11) is 0. The molecule has 3 N–H and O–H groups in total. The van der Waals surface area contributed by atoms with Gasteiger partial charge in [0.15, 0.2) is 0 Å². The van der Waals surface area contributed by atoms with E-state index in [2.05, 4.69) is 16.2 Å². The first-order valence-corrected chi connectivity index (χ1v) is 5.09. The molecule has 1 saturated carbocycles. The Morgan fingerprint density at radius 2 is 2.18 bits per heavy atom. The van der Waals surface area contributed by atoms with E-state index in [4.69, 9.17) is 5.73 Å². The first-order valence-electron chi connectivity index (χ1n) is 4.21. The molecule has 62 valence electrons. The summed E-state index contributed by atoms with van der Waals surface area (Å²) < 4.78 is 3.26. The highest BCUT2D eigenvalue weighted by atomic mass is 32.2. The fourth-order valence-electron chi connectivity index (χ4n) is 1.94. The Kier molecular flexibility index (Phi) is 1.95. The second-order valence-electron chi connectivity index (χ2n) is 3.44. The van der Waals surface area contributed by atoms with Gasteiger partial charge < -0.3 is 5.73 Å². The summed E-state index contributed by atoms with van der Waals surface area (Å²) in [4.78, 5) is 0. The van der Waals surface area contributed by atoms with E-state index in [1.807, 2.05) is 0 Å².